The molecule has 0 saturated heterocycles. The fourth-order valence-electron chi connectivity index (χ4n) is 2.12. The van der Waals surface area contributed by atoms with Crippen LogP contribution in [-0.4, -0.2) is 5.66 Å². The van der Waals surface area contributed by atoms with Crippen molar-refractivity contribution in [2.45, 2.75) is 37.8 Å². The quantitative estimate of drug-likeness (QED) is 0.704. The third kappa shape index (κ3) is 2.26. The number of hydrogen-bond acceptors (Lipinski definition) is 2. The lowest BCUT2D eigenvalue weighted by atomic mass is 9.89. The van der Waals surface area contributed by atoms with Crippen molar-refractivity contribution in [2.75, 3.05) is 5.32 Å². The number of benzene rings is 1. The van der Waals surface area contributed by atoms with E-state index in [-0.39, 0.29) is 5.66 Å². The standard InChI is InChI=1S/C12H18N2/c13-12(9-5-2-6-10-12)14-11-7-3-1-4-8-11/h1,3-4,7-8,14H,2,5-6,9-10,13H2. The van der Waals surface area contributed by atoms with Crippen LogP contribution in [0, 0.1) is 0 Å². The number of hydrogen-bond donors (Lipinski definition) is 2. The fourth-order valence-corrected chi connectivity index (χ4v) is 2.12. The molecule has 0 spiro atoms. The van der Waals surface area contributed by atoms with Gasteiger partial charge in [0.1, 0.15) is 0 Å². The van der Waals surface area contributed by atoms with E-state index in [4.69, 9.17) is 5.73 Å². The lowest BCUT2D eigenvalue weighted by Gasteiger charge is -2.35. The average molecular weight is 190 g/mol. The molecule has 1 saturated carbocycles. The van der Waals surface area contributed by atoms with Crippen LogP contribution in [0.3, 0.4) is 0 Å². The van der Waals surface area contributed by atoms with Crippen LogP contribution in [0.2, 0.25) is 0 Å². The molecule has 1 aliphatic carbocycles. The van der Waals surface area contributed by atoms with Crippen molar-refractivity contribution in [1.82, 2.24) is 0 Å². The molecule has 2 heteroatoms. The molecule has 0 radical (unpaired) electrons. The molecule has 0 unspecified atom stereocenters. The molecule has 76 valence electrons. The van der Waals surface area contributed by atoms with E-state index in [1.54, 1.807) is 0 Å². The summed E-state index contributed by atoms with van der Waals surface area (Å²) in [4.78, 5) is 0. The van der Waals surface area contributed by atoms with Crippen molar-refractivity contribution in [1.29, 1.82) is 0 Å². The van der Waals surface area contributed by atoms with E-state index in [0.717, 1.165) is 18.5 Å². The third-order valence-corrected chi connectivity index (χ3v) is 2.91. The molecule has 0 aliphatic heterocycles. The largest absolute Gasteiger partial charge is 0.367 e. The second-order valence-electron chi connectivity index (χ2n) is 4.21. The maximum absolute atomic E-state index is 6.28. The van der Waals surface area contributed by atoms with Gasteiger partial charge in [-0.2, -0.15) is 0 Å². The molecule has 14 heavy (non-hydrogen) atoms. The molecule has 1 aliphatic rings. The Bertz CT molecular complexity index is 276. The zero-order chi connectivity index (χ0) is 9.86. The Hall–Kier alpha value is -1.02. The Labute approximate surface area is 85.5 Å². The Morgan fingerprint density at radius 3 is 2.29 bits per heavy atom. The van der Waals surface area contributed by atoms with Gasteiger partial charge in [-0.1, -0.05) is 24.6 Å². The number of para-hydroxylation sites is 1. The predicted molar refractivity (Wildman–Crippen MR) is 60.1 cm³/mol. The number of nitrogens with one attached hydrogen (secondary N) is 1. The minimum Gasteiger partial charge on any atom is -0.367 e. The minimum absolute atomic E-state index is 0.167. The summed E-state index contributed by atoms with van der Waals surface area (Å²) in [5, 5.41) is 3.44. The average Bonchev–Trinajstić information content (AvgIpc) is 2.19. The highest BCUT2D eigenvalue weighted by atomic mass is 15.1. The van der Waals surface area contributed by atoms with E-state index in [2.05, 4.69) is 17.4 Å². The van der Waals surface area contributed by atoms with Gasteiger partial charge in [0.25, 0.3) is 0 Å². The first kappa shape index (κ1) is 9.53. The van der Waals surface area contributed by atoms with Crippen LogP contribution in [0.15, 0.2) is 30.3 Å². The zero-order valence-corrected chi connectivity index (χ0v) is 8.50. The fraction of sp³-hybridized carbons (Fsp3) is 0.500. The van der Waals surface area contributed by atoms with E-state index in [1.165, 1.54) is 19.3 Å². The number of nitrogens with two attached hydrogens (primary N) is 1. The smallest absolute Gasteiger partial charge is 0.0856 e. The van der Waals surface area contributed by atoms with Crippen molar-refractivity contribution >= 4 is 5.69 Å². The van der Waals surface area contributed by atoms with Gasteiger partial charge in [0.2, 0.25) is 0 Å². The maximum atomic E-state index is 6.28. The molecule has 0 aromatic heterocycles. The minimum atomic E-state index is -0.167. The number of rotatable bonds is 2. The summed E-state index contributed by atoms with van der Waals surface area (Å²) >= 11 is 0. The topological polar surface area (TPSA) is 38.0 Å². The van der Waals surface area contributed by atoms with Gasteiger partial charge in [-0.25, -0.2) is 0 Å². The summed E-state index contributed by atoms with van der Waals surface area (Å²) in [6.45, 7) is 0. The van der Waals surface area contributed by atoms with Gasteiger partial charge in [-0.15, -0.1) is 0 Å². The molecular weight excluding hydrogens is 172 g/mol. The van der Waals surface area contributed by atoms with Crippen molar-refractivity contribution < 1.29 is 0 Å². The Balaban J connectivity index is 2.02. The maximum Gasteiger partial charge on any atom is 0.0856 e. The second-order valence-corrected chi connectivity index (χ2v) is 4.21. The van der Waals surface area contributed by atoms with Gasteiger partial charge < -0.3 is 11.1 Å². The normalized spacial score (nSPS) is 20.4. The predicted octanol–water partition coefficient (Wildman–Crippen LogP) is 2.72. The Kier molecular flexibility index (Phi) is 2.73. The van der Waals surface area contributed by atoms with Gasteiger partial charge in [-0.3, -0.25) is 0 Å². The van der Waals surface area contributed by atoms with Crippen molar-refractivity contribution in [3.63, 3.8) is 0 Å². The van der Waals surface area contributed by atoms with Gasteiger partial charge in [0, 0.05) is 5.69 Å². The molecule has 1 aromatic carbocycles. The Morgan fingerprint density at radius 2 is 1.64 bits per heavy atom. The number of anilines is 1. The Morgan fingerprint density at radius 1 is 1.00 bits per heavy atom. The molecule has 0 atom stereocenters. The summed E-state index contributed by atoms with van der Waals surface area (Å²) in [6, 6.07) is 10.2. The van der Waals surface area contributed by atoms with Gasteiger partial charge >= 0.3 is 0 Å². The van der Waals surface area contributed by atoms with E-state index >= 15 is 0 Å². The SMILES string of the molecule is NC1(Nc2ccccc2)CCCCC1. The molecule has 2 rings (SSSR count). The van der Waals surface area contributed by atoms with Crippen LogP contribution in [0.1, 0.15) is 32.1 Å². The van der Waals surface area contributed by atoms with E-state index < -0.39 is 0 Å². The summed E-state index contributed by atoms with van der Waals surface area (Å²) in [5.41, 5.74) is 7.25. The molecule has 1 aromatic rings. The van der Waals surface area contributed by atoms with Gasteiger partial charge in [0.15, 0.2) is 0 Å². The monoisotopic (exact) mass is 190 g/mol. The summed E-state index contributed by atoms with van der Waals surface area (Å²) in [6.07, 6.45) is 5.99. The van der Waals surface area contributed by atoms with Crippen LogP contribution < -0.4 is 11.1 Å². The molecule has 3 N–H and O–H groups in total. The highest BCUT2D eigenvalue weighted by Crippen LogP contribution is 2.27. The van der Waals surface area contributed by atoms with Crippen LogP contribution in [0.25, 0.3) is 0 Å². The second kappa shape index (κ2) is 4.01. The van der Waals surface area contributed by atoms with Crippen LogP contribution >= 0.6 is 0 Å². The summed E-state index contributed by atoms with van der Waals surface area (Å²) in [7, 11) is 0. The molecule has 0 bridgehead atoms. The summed E-state index contributed by atoms with van der Waals surface area (Å²) in [5.74, 6) is 0. The van der Waals surface area contributed by atoms with Gasteiger partial charge in [0.05, 0.1) is 5.66 Å². The van der Waals surface area contributed by atoms with E-state index in [9.17, 15) is 0 Å². The molecule has 1 fully saturated rings. The first-order chi connectivity index (χ1) is 6.79. The molecule has 0 heterocycles. The van der Waals surface area contributed by atoms with E-state index in [0.29, 0.717) is 0 Å². The highest BCUT2D eigenvalue weighted by molar-refractivity contribution is 5.44. The van der Waals surface area contributed by atoms with E-state index in [1.807, 2.05) is 18.2 Å². The molecular formula is C12H18N2. The van der Waals surface area contributed by atoms with Crippen LogP contribution in [-0.2, 0) is 0 Å². The lowest BCUT2D eigenvalue weighted by molar-refractivity contribution is 0.333. The van der Waals surface area contributed by atoms with Crippen LogP contribution in [0.4, 0.5) is 5.69 Å². The first-order valence-electron chi connectivity index (χ1n) is 5.41. The third-order valence-electron chi connectivity index (χ3n) is 2.91. The first-order valence-corrected chi connectivity index (χ1v) is 5.41. The van der Waals surface area contributed by atoms with Crippen molar-refractivity contribution in [2.24, 2.45) is 5.73 Å². The summed E-state index contributed by atoms with van der Waals surface area (Å²) < 4.78 is 0. The highest BCUT2D eigenvalue weighted by Gasteiger charge is 2.26. The van der Waals surface area contributed by atoms with Crippen molar-refractivity contribution in [3.05, 3.63) is 30.3 Å². The molecule has 2 nitrogen and oxygen atoms in total. The lowest BCUT2D eigenvalue weighted by Crippen LogP contribution is -2.49. The van der Waals surface area contributed by atoms with Crippen molar-refractivity contribution in [3.8, 4) is 0 Å². The van der Waals surface area contributed by atoms with Crippen LogP contribution in [0.5, 0.6) is 0 Å². The molecule has 0 amide bonds. The zero-order valence-electron chi connectivity index (χ0n) is 8.50. The van der Waals surface area contributed by atoms with Gasteiger partial charge in [-0.05, 0) is 37.8 Å².